The van der Waals surface area contributed by atoms with Crippen LogP contribution < -0.4 is 32.7 Å². The van der Waals surface area contributed by atoms with Crippen LogP contribution in [0, 0.1) is 17.8 Å². The average molecular weight is 499 g/mol. The minimum Gasteiger partial charge on any atom is -0.368 e. The van der Waals surface area contributed by atoms with Crippen molar-refractivity contribution in [2.75, 3.05) is 6.54 Å². The SMILES string of the molecule is CC[C@H](C)[C@H](NC(=O)CNC(=O)C(C)(C)NC(=O)[C@@H](N)CC(C)C)C(=O)N[C@@H](CC(C)C)C(N)=O. The molecule has 0 aromatic carbocycles. The van der Waals surface area contributed by atoms with Crippen molar-refractivity contribution in [1.29, 1.82) is 0 Å². The molecular weight excluding hydrogens is 452 g/mol. The minimum absolute atomic E-state index is 0.128. The predicted molar refractivity (Wildman–Crippen MR) is 135 cm³/mol. The topological polar surface area (TPSA) is 186 Å². The molecule has 11 heteroatoms. The molecule has 4 atom stereocenters. The van der Waals surface area contributed by atoms with Crippen molar-refractivity contribution in [1.82, 2.24) is 21.3 Å². The van der Waals surface area contributed by atoms with Gasteiger partial charge in [-0.1, -0.05) is 48.0 Å². The van der Waals surface area contributed by atoms with E-state index < -0.39 is 59.7 Å². The Bertz CT molecular complexity index is 753. The highest BCUT2D eigenvalue weighted by molar-refractivity contribution is 5.95. The Kier molecular flexibility index (Phi) is 13.5. The van der Waals surface area contributed by atoms with Crippen LogP contribution in [-0.4, -0.2) is 59.7 Å². The standard InChI is InChI=1S/C24H46N6O5/c1-9-15(6)19(22(34)28-17(20(26)32)11-14(4)5)29-18(31)12-27-23(35)24(7,8)30-21(33)16(25)10-13(2)3/h13-17,19H,9-12,25H2,1-8H3,(H2,26,32)(H,27,35)(H,28,34)(H,29,31)(H,30,33)/t15-,16-,17-,19-/m0/s1. The van der Waals surface area contributed by atoms with Crippen LogP contribution in [0.3, 0.4) is 0 Å². The van der Waals surface area contributed by atoms with Crippen LogP contribution in [0.15, 0.2) is 0 Å². The van der Waals surface area contributed by atoms with Gasteiger partial charge in [-0.25, -0.2) is 0 Å². The first-order valence-electron chi connectivity index (χ1n) is 12.3. The highest BCUT2D eigenvalue weighted by atomic mass is 16.2. The maximum Gasteiger partial charge on any atom is 0.245 e. The fourth-order valence-corrected chi connectivity index (χ4v) is 3.36. The van der Waals surface area contributed by atoms with Gasteiger partial charge in [-0.05, 0) is 44.4 Å². The van der Waals surface area contributed by atoms with Gasteiger partial charge in [0, 0.05) is 0 Å². The van der Waals surface area contributed by atoms with E-state index in [1.165, 1.54) is 13.8 Å². The molecule has 0 spiro atoms. The fraction of sp³-hybridized carbons (Fsp3) is 0.792. The Morgan fingerprint density at radius 1 is 0.857 bits per heavy atom. The molecule has 11 nitrogen and oxygen atoms in total. The molecule has 0 aliphatic carbocycles. The van der Waals surface area contributed by atoms with Gasteiger partial charge in [0.1, 0.15) is 17.6 Å². The fourth-order valence-electron chi connectivity index (χ4n) is 3.36. The first kappa shape index (κ1) is 32.3. The molecule has 202 valence electrons. The molecule has 0 fully saturated rings. The molecule has 0 radical (unpaired) electrons. The second kappa shape index (κ2) is 14.7. The lowest BCUT2D eigenvalue weighted by molar-refractivity contribution is -0.135. The summed E-state index contributed by atoms with van der Waals surface area (Å²) in [6.45, 7) is 14.0. The van der Waals surface area contributed by atoms with Crippen LogP contribution in [-0.2, 0) is 24.0 Å². The molecule has 0 aliphatic rings. The largest absolute Gasteiger partial charge is 0.368 e. The van der Waals surface area contributed by atoms with Crippen molar-refractivity contribution in [3.05, 3.63) is 0 Å². The molecule has 8 N–H and O–H groups in total. The molecule has 0 bridgehead atoms. The average Bonchev–Trinajstić information content (AvgIpc) is 2.73. The number of carbonyl (C=O) groups is 5. The van der Waals surface area contributed by atoms with Gasteiger partial charge in [-0.3, -0.25) is 24.0 Å². The van der Waals surface area contributed by atoms with E-state index in [0.29, 0.717) is 19.3 Å². The maximum absolute atomic E-state index is 12.9. The number of primary amides is 1. The molecule has 0 saturated carbocycles. The summed E-state index contributed by atoms with van der Waals surface area (Å²) in [4.78, 5) is 62.0. The van der Waals surface area contributed by atoms with Crippen LogP contribution >= 0.6 is 0 Å². The van der Waals surface area contributed by atoms with Crippen molar-refractivity contribution in [2.45, 2.75) is 98.3 Å². The Morgan fingerprint density at radius 2 is 1.40 bits per heavy atom. The third-order valence-corrected chi connectivity index (χ3v) is 5.65. The van der Waals surface area contributed by atoms with Gasteiger partial charge in [-0.2, -0.15) is 0 Å². The first-order chi connectivity index (χ1) is 16.0. The summed E-state index contributed by atoms with van der Waals surface area (Å²) in [6.07, 6.45) is 1.44. The number of carbonyl (C=O) groups excluding carboxylic acids is 5. The quantitative estimate of drug-likeness (QED) is 0.183. The normalized spacial score (nSPS) is 15.1. The smallest absolute Gasteiger partial charge is 0.245 e. The second-order valence-corrected chi connectivity index (χ2v) is 10.6. The van der Waals surface area contributed by atoms with Gasteiger partial charge in [-0.15, -0.1) is 0 Å². The summed E-state index contributed by atoms with van der Waals surface area (Å²) in [5.74, 6) is -2.67. The minimum atomic E-state index is -1.30. The van der Waals surface area contributed by atoms with Crippen molar-refractivity contribution in [3.8, 4) is 0 Å². The third-order valence-electron chi connectivity index (χ3n) is 5.65. The van der Waals surface area contributed by atoms with E-state index in [0.717, 1.165) is 0 Å². The van der Waals surface area contributed by atoms with E-state index in [9.17, 15) is 24.0 Å². The molecule has 0 unspecified atom stereocenters. The van der Waals surface area contributed by atoms with Crippen molar-refractivity contribution < 1.29 is 24.0 Å². The van der Waals surface area contributed by atoms with Crippen molar-refractivity contribution >= 4 is 29.5 Å². The number of hydrogen-bond acceptors (Lipinski definition) is 6. The third kappa shape index (κ3) is 12.0. The van der Waals surface area contributed by atoms with Gasteiger partial charge in [0.2, 0.25) is 29.5 Å². The molecule has 0 aromatic rings. The lowest BCUT2D eigenvalue weighted by Gasteiger charge is -2.28. The van der Waals surface area contributed by atoms with E-state index in [-0.39, 0.29) is 17.8 Å². The predicted octanol–water partition coefficient (Wildman–Crippen LogP) is -0.0821. The zero-order valence-electron chi connectivity index (χ0n) is 22.5. The number of hydrogen-bond donors (Lipinski definition) is 6. The lowest BCUT2D eigenvalue weighted by Crippen LogP contribution is -2.60. The Labute approximate surface area is 209 Å². The molecular formula is C24H46N6O5. The van der Waals surface area contributed by atoms with Gasteiger partial charge in [0.25, 0.3) is 0 Å². The Hall–Kier alpha value is -2.69. The van der Waals surface area contributed by atoms with Crippen LogP contribution in [0.25, 0.3) is 0 Å². The highest BCUT2D eigenvalue weighted by Crippen LogP contribution is 2.11. The van der Waals surface area contributed by atoms with Crippen molar-refractivity contribution in [2.24, 2.45) is 29.2 Å². The Balaban J connectivity index is 5.10. The summed E-state index contributed by atoms with van der Waals surface area (Å²) in [5, 5.41) is 10.3. The number of nitrogens with one attached hydrogen (secondary N) is 4. The zero-order valence-corrected chi connectivity index (χ0v) is 22.5. The molecule has 0 rings (SSSR count). The Morgan fingerprint density at radius 3 is 1.86 bits per heavy atom. The second-order valence-electron chi connectivity index (χ2n) is 10.6. The van der Waals surface area contributed by atoms with Crippen LogP contribution in [0.4, 0.5) is 0 Å². The number of rotatable bonds is 15. The van der Waals surface area contributed by atoms with Crippen LogP contribution in [0.5, 0.6) is 0 Å². The van der Waals surface area contributed by atoms with E-state index in [1.807, 2.05) is 34.6 Å². The summed E-state index contributed by atoms with van der Waals surface area (Å²) in [6, 6.07) is -2.52. The van der Waals surface area contributed by atoms with E-state index >= 15 is 0 Å². The van der Waals surface area contributed by atoms with Crippen molar-refractivity contribution in [3.63, 3.8) is 0 Å². The van der Waals surface area contributed by atoms with Gasteiger partial charge >= 0.3 is 0 Å². The van der Waals surface area contributed by atoms with Gasteiger partial charge < -0.3 is 32.7 Å². The highest BCUT2D eigenvalue weighted by Gasteiger charge is 2.33. The maximum atomic E-state index is 12.9. The molecule has 0 saturated heterocycles. The number of nitrogens with two attached hydrogens (primary N) is 2. The molecule has 0 aromatic heterocycles. The lowest BCUT2D eigenvalue weighted by atomic mass is 9.96. The van der Waals surface area contributed by atoms with Gasteiger partial charge in [0.15, 0.2) is 0 Å². The first-order valence-corrected chi connectivity index (χ1v) is 12.3. The summed E-state index contributed by atoms with van der Waals surface area (Å²) in [5.41, 5.74) is 9.99. The van der Waals surface area contributed by atoms with E-state index in [4.69, 9.17) is 11.5 Å². The number of amides is 5. The summed E-state index contributed by atoms with van der Waals surface area (Å²) >= 11 is 0. The zero-order chi connectivity index (χ0) is 27.5. The van der Waals surface area contributed by atoms with Crippen LogP contribution in [0.1, 0.15) is 74.7 Å². The molecule has 5 amide bonds. The molecule has 0 heterocycles. The van der Waals surface area contributed by atoms with E-state index in [2.05, 4.69) is 21.3 Å². The van der Waals surface area contributed by atoms with Crippen LogP contribution in [0.2, 0.25) is 0 Å². The summed E-state index contributed by atoms with van der Waals surface area (Å²) in [7, 11) is 0. The molecule has 0 aliphatic heterocycles. The van der Waals surface area contributed by atoms with Gasteiger partial charge in [0.05, 0.1) is 12.6 Å². The van der Waals surface area contributed by atoms with E-state index in [1.54, 1.807) is 6.92 Å². The molecule has 35 heavy (non-hydrogen) atoms. The monoisotopic (exact) mass is 498 g/mol. The summed E-state index contributed by atoms with van der Waals surface area (Å²) < 4.78 is 0.